The van der Waals surface area contributed by atoms with Gasteiger partial charge in [0.15, 0.2) is 0 Å². The first-order chi connectivity index (χ1) is 9.69. The van der Waals surface area contributed by atoms with E-state index in [-0.39, 0.29) is 6.04 Å². The standard InChI is InChI=1S/C17H20ClNO/c1-4-20-16-11-6-5-8-14(16)17(19-3)13-9-7-10-15(18)12(13)2/h5-11,17,19H,4H2,1-3H3. The fourth-order valence-corrected chi connectivity index (χ4v) is 2.60. The second-order valence-corrected chi connectivity index (χ2v) is 5.05. The van der Waals surface area contributed by atoms with Gasteiger partial charge in [-0.1, -0.05) is 41.9 Å². The van der Waals surface area contributed by atoms with Crippen LogP contribution in [0.15, 0.2) is 42.5 Å². The molecule has 0 bridgehead atoms. The molecule has 0 aromatic heterocycles. The van der Waals surface area contributed by atoms with E-state index in [0.717, 1.165) is 21.9 Å². The van der Waals surface area contributed by atoms with E-state index in [1.807, 2.05) is 51.2 Å². The molecular formula is C17H20ClNO. The Labute approximate surface area is 125 Å². The Bertz CT molecular complexity index is 583. The normalized spacial score (nSPS) is 12.2. The lowest BCUT2D eigenvalue weighted by atomic mass is 9.94. The van der Waals surface area contributed by atoms with E-state index in [0.29, 0.717) is 6.61 Å². The van der Waals surface area contributed by atoms with Crippen LogP contribution in [0.5, 0.6) is 5.75 Å². The Hall–Kier alpha value is -1.51. The molecule has 0 aliphatic rings. The molecule has 1 unspecified atom stereocenters. The zero-order valence-corrected chi connectivity index (χ0v) is 12.9. The van der Waals surface area contributed by atoms with Crippen molar-refractivity contribution in [3.63, 3.8) is 0 Å². The topological polar surface area (TPSA) is 21.3 Å². The minimum absolute atomic E-state index is 0.0662. The van der Waals surface area contributed by atoms with Crippen LogP contribution in [0.25, 0.3) is 0 Å². The number of ether oxygens (including phenoxy) is 1. The number of nitrogens with one attached hydrogen (secondary N) is 1. The number of benzene rings is 2. The summed E-state index contributed by atoms with van der Waals surface area (Å²) < 4.78 is 5.74. The van der Waals surface area contributed by atoms with Crippen molar-refractivity contribution in [2.45, 2.75) is 19.9 Å². The van der Waals surface area contributed by atoms with Crippen LogP contribution in [-0.4, -0.2) is 13.7 Å². The average Bonchev–Trinajstić information content (AvgIpc) is 2.46. The molecule has 0 heterocycles. The van der Waals surface area contributed by atoms with E-state index in [2.05, 4.69) is 17.4 Å². The van der Waals surface area contributed by atoms with Gasteiger partial charge in [-0.25, -0.2) is 0 Å². The summed E-state index contributed by atoms with van der Waals surface area (Å²) >= 11 is 6.24. The quantitative estimate of drug-likeness (QED) is 0.883. The van der Waals surface area contributed by atoms with Gasteiger partial charge in [0.2, 0.25) is 0 Å². The van der Waals surface area contributed by atoms with Crippen LogP contribution >= 0.6 is 11.6 Å². The third-order valence-corrected chi connectivity index (χ3v) is 3.85. The Morgan fingerprint density at radius 1 is 1.10 bits per heavy atom. The highest BCUT2D eigenvalue weighted by Gasteiger charge is 2.18. The molecule has 2 aromatic carbocycles. The van der Waals surface area contributed by atoms with Gasteiger partial charge in [0.05, 0.1) is 12.6 Å². The third kappa shape index (κ3) is 2.97. The van der Waals surface area contributed by atoms with Gasteiger partial charge in [0.25, 0.3) is 0 Å². The summed E-state index contributed by atoms with van der Waals surface area (Å²) in [7, 11) is 1.95. The average molecular weight is 290 g/mol. The molecule has 2 rings (SSSR count). The molecule has 0 saturated heterocycles. The Morgan fingerprint density at radius 2 is 1.80 bits per heavy atom. The van der Waals surface area contributed by atoms with Crippen molar-refractivity contribution in [2.24, 2.45) is 0 Å². The van der Waals surface area contributed by atoms with Gasteiger partial charge in [-0.05, 0) is 44.2 Å². The van der Waals surface area contributed by atoms with Crippen molar-refractivity contribution in [1.29, 1.82) is 0 Å². The Kier molecular flexibility index (Phi) is 5.05. The Balaban J connectivity index is 2.50. The van der Waals surface area contributed by atoms with E-state index in [9.17, 15) is 0 Å². The highest BCUT2D eigenvalue weighted by atomic mass is 35.5. The van der Waals surface area contributed by atoms with Crippen LogP contribution in [0.4, 0.5) is 0 Å². The van der Waals surface area contributed by atoms with E-state index in [4.69, 9.17) is 16.3 Å². The molecule has 0 aliphatic heterocycles. The first kappa shape index (κ1) is 14.9. The fourth-order valence-electron chi connectivity index (χ4n) is 2.42. The van der Waals surface area contributed by atoms with Gasteiger partial charge in [-0.2, -0.15) is 0 Å². The van der Waals surface area contributed by atoms with Crippen LogP contribution in [0.3, 0.4) is 0 Å². The van der Waals surface area contributed by atoms with Crippen molar-refractivity contribution in [2.75, 3.05) is 13.7 Å². The number of para-hydroxylation sites is 1. The lowest BCUT2D eigenvalue weighted by Gasteiger charge is -2.22. The summed E-state index contributed by atoms with van der Waals surface area (Å²) in [4.78, 5) is 0. The first-order valence-electron chi connectivity index (χ1n) is 6.83. The smallest absolute Gasteiger partial charge is 0.124 e. The molecule has 0 aliphatic carbocycles. The van der Waals surface area contributed by atoms with Crippen LogP contribution < -0.4 is 10.1 Å². The summed E-state index contributed by atoms with van der Waals surface area (Å²) in [6, 6.07) is 14.2. The molecule has 2 aromatic rings. The molecule has 3 heteroatoms. The van der Waals surface area contributed by atoms with Crippen LogP contribution in [-0.2, 0) is 0 Å². The first-order valence-corrected chi connectivity index (χ1v) is 7.20. The predicted molar refractivity (Wildman–Crippen MR) is 84.7 cm³/mol. The van der Waals surface area contributed by atoms with Gasteiger partial charge < -0.3 is 10.1 Å². The van der Waals surface area contributed by atoms with Crippen molar-refractivity contribution in [1.82, 2.24) is 5.32 Å². The van der Waals surface area contributed by atoms with Gasteiger partial charge in [-0.3, -0.25) is 0 Å². The van der Waals surface area contributed by atoms with Gasteiger partial charge in [-0.15, -0.1) is 0 Å². The summed E-state index contributed by atoms with van der Waals surface area (Å²) in [6.45, 7) is 4.70. The summed E-state index contributed by atoms with van der Waals surface area (Å²) in [5.74, 6) is 0.911. The second kappa shape index (κ2) is 6.78. The molecule has 1 atom stereocenters. The largest absolute Gasteiger partial charge is 0.494 e. The molecule has 0 radical (unpaired) electrons. The van der Waals surface area contributed by atoms with E-state index in [1.54, 1.807) is 0 Å². The van der Waals surface area contributed by atoms with E-state index < -0.39 is 0 Å². The van der Waals surface area contributed by atoms with Crippen LogP contribution in [0.1, 0.15) is 29.7 Å². The van der Waals surface area contributed by atoms with Gasteiger partial charge in [0, 0.05) is 10.6 Å². The molecule has 0 amide bonds. The maximum atomic E-state index is 6.24. The maximum absolute atomic E-state index is 6.24. The van der Waals surface area contributed by atoms with Gasteiger partial charge in [0.1, 0.15) is 5.75 Å². The molecule has 106 valence electrons. The van der Waals surface area contributed by atoms with E-state index >= 15 is 0 Å². The number of rotatable bonds is 5. The highest BCUT2D eigenvalue weighted by molar-refractivity contribution is 6.31. The molecule has 20 heavy (non-hydrogen) atoms. The van der Waals surface area contributed by atoms with Gasteiger partial charge >= 0.3 is 0 Å². The lowest BCUT2D eigenvalue weighted by Crippen LogP contribution is -2.19. The molecule has 0 spiro atoms. The maximum Gasteiger partial charge on any atom is 0.124 e. The monoisotopic (exact) mass is 289 g/mol. The van der Waals surface area contributed by atoms with Crippen molar-refractivity contribution >= 4 is 11.6 Å². The Morgan fingerprint density at radius 3 is 2.50 bits per heavy atom. The number of hydrogen-bond donors (Lipinski definition) is 1. The fraction of sp³-hybridized carbons (Fsp3) is 0.294. The molecule has 1 N–H and O–H groups in total. The summed E-state index contributed by atoms with van der Waals surface area (Å²) in [5, 5.41) is 4.15. The molecule has 2 nitrogen and oxygen atoms in total. The molecular weight excluding hydrogens is 270 g/mol. The lowest BCUT2D eigenvalue weighted by molar-refractivity contribution is 0.334. The SMILES string of the molecule is CCOc1ccccc1C(NC)c1cccc(Cl)c1C. The second-order valence-electron chi connectivity index (χ2n) is 4.65. The van der Waals surface area contributed by atoms with Crippen molar-refractivity contribution < 1.29 is 4.74 Å². The van der Waals surface area contributed by atoms with Crippen molar-refractivity contribution in [3.05, 3.63) is 64.2 Å². The molecule has 0 saturated carbocycles. The minimum atomic E-state index is 0.0662. The third-order valence-electron chi connectivity index (χ3n) is 3.44. The van der Waals surface area contributed by atoms with E-state index in [1.165, 1.54) is 5.56 Å². The van der Waals surface area contributed by atoms with Crippen LogP contribution in [0, 0.1) is 6.92 Å². The number of halogens is 1. The summed E-state index contributed by atoms with van der Waals surface area (Å²) in [5.41, 5.74) is 3.40. The zero-order valence-electron chi connectivity index (χ0n) is 12.1. The highest BCUT2D eigenvalue weighted by Crippen LogP contribution is 2.33. The zero-order chi connectivity index (χ0) is 14.5. The predicted octanol–water partition coefficient (Wildman–Crippen LogP) is 4.36. The van der Waals surface area contributed by atoms with Crippen LogP contribution in [0.2, 0.25) is 5.02 Å². The molecule has 0 fully saturated rings. The number of hydrogen-bond acceptors (Lipinski definition) is 2. The minimum Gasteiger partial charge on any atom is -0.494 e. The summed E-state index contributed by atoms with van der Waals surface area (Å²) in [6.07, 6.45) is 0. The van der Waals surface area contributed by atoms with Crippen molar-refractivity contribution in [3.8, 4) is 5.75 Å².